The zero-order chi connectivity index (χ0) is 16.8. The molecule has 122 valence electrons. The highest BCUT2D eigenvalue weighted by Gasteiger charge is 2.07. The van der Waals surface area contributed by atoms with E-state index in [0.29, 0.717) is 10.9 Å². The van der Waals surface area contributed by atoms with E-state index in [1.54, 1.807) is 24.3 Å². The van der Waals surface area contributed by atoms with Gasteiger partial charge in [-0.2, -0.15) is 0 Å². The Labute approximate surface area is 142 Å². The van der Waals surface area contributed by atoms with Crippen molar-refractivity contribution in [1.29, 1.82) is 0 Å². The van der Waals surface area contributed by atoms with Crippen LogP contribution in [0.1, 0.15) is 37.0 Å². The third-order valence-electron chi connectivity index (χ3n) is 3.52. The van der Waals surface area contributed by atoms with Gasteiger partial charge in [0.1, 0.15) is 0 Å². The van der Waals surface area contributed by atoms with E-state index in [2.05, 4.69) is 30.2 Å². The number of aliphatic hydroxyl groups is 1. The van der Waals surface area contributed by atoms with Gasteiger partial charge in [0, 0.05) is 10.7 Å². The molecule has 0 bridgehead atoms. The maximum Gasteiger partial charge on any atom is 0.193 e. The van der Waals surface area contributed by atoms with Crippen LogP contribution in [0.4, 0.5) is 5.69 Å². The fourth-order valence-corrected chi connectivity index (χ4v) is 2.26. The van der Waals surface area contributed by atoms with E-state index < -0.39 is 6.10 Å². The zero-order valence-electron chi connectivity index (χ0n) is 13.3. The molecule has 4 N–H and O–H groups in total. The van der Waals surface area contributed by atoms with Gasteiger partial charge >= 0.3 is 0 Å². The number of nitrogens with one attached hydrogen (secondary N) is 1. The molecule has 5 heteroatoms. The molecule has 0 radical (unpaired) electrons. The molecular weight excluding hydrogens is 310 g/mol. The van der Waals surface area contributed by atoms with Crippen molar-refractivity contribution in [2.24, 2.45) is 10.7 Å². The third-order valence-corrected chi connectivity index (χ3v) is 3.77. The second kappa shape index (κ2) is 7.99. The number of hydrogen-bond donors (Lipinski definition) is 3. The number of guanidine groups is 1. The van der Waals surface area contributed by atoms with E-state index in [4.69, 9.17) is 17.3 Å². The summed E-state index contributed by atoms with van der Waals surface area (Å²) >= 11 is 5.83. The van der Waals surface area contributed by atoms with Crippen LogP contribution in [0.2, 0.25) is 5.02 Å². The van der Waals surface area contributed by atoms with Gasteiger partial charge in [-0.1, -0.05) is 49.7 Å². The summed E-state index contributed by atoms with van der Waals surface area (Å²) in [5.41, 5.74) is 8.76. The van der Waals surface area contributed by atoms with E-state index in [1.165, 1.54) is 5.56 Å². The summed E-state index contributed by atoms with van der Waals surface area (Å²) in [6.07, 6.45) is -0.713. The SMILES string of the molecule is CC(C)c1cccc(NC(N)=NCC(O)c2ccc(Cl)cc2)c1. The summed E-state index contributed by atoms with van der Waals surface area (Å²) in [6.45, 7) is 4.46. The largest absolute Gasteiger partial charge is 0.386 e. The Hall–Kier alpha value is -2.04. The predicted molar refractivity (Wildman–Crippen MR) is 97.1 cm³/mol. The Morgan fingerprint density at radius 3 is 2.52 bits per heavy atom. The van der Waals surface area contributed by atoms with Crippen LogP contribution in [0, 0.1) is 0 Å². The van der Waals surface area contributed by atoms with Crippen molar-refractivity contribution in [2.75, 3.05) is 11.9 Å². The lowest BCUT2D eigenvalue weighted by atomic mass is 10.0. The average molecular weight is 332 g/mol. The molecular formula is C18H22ClN3O. The number of nitrogens with zero attached hydrogens (tertiary/aromatic N) is 1. The minimum atomic E-state index is -0.713. The lowest BCUT2D eigenvalue weighted by Crippen LogP contribution is -2.23. The molecule has 1 atom stereocenters. The molecule has 4 nitrogen and oxygen atoms in total. The molecule has 23 heavy (non-hydrogen) atoms. The van der Waals surface area contributed by atoms with E-state index in [9.17, 15) is 5.11 Å². The Balaban J connectivity index is 1.97. The van der Waals surface area contributed by atoms with Crippen molar-refractivity contribution >= 4 is 23.2 Å². The fraction of sp³-hybridized carbons (Fsp3) is 0.278. The molecule has 0 saturated carbocycles. The summed E-state index contributed by atoms with van der Waals surface area (Å²) in [7, 11) is 0. The first kappa shape index (κ1) is 17.3. The van der Waals surface area contributed by atoms with Crippen LogP contribution in [0.3, 0.4) is 0 Å². The van der Waals surface area contributed by atoms with Crippen LogP contribution in [0.25, 0.3) is 0 Å². The Morgan fingerprint density at radius 1 is 1.17 bits per heavy atom. The first-order valence-electron chi connectivity index (χ1n) is 7.56. The van der Waals surface area contributed by atoms with E-state index in [1.807, 2.05) is 18.2 Å². The second-order valence-corrected chi connectivity index (χ2v) is 6.13. The highest BCUT2D eigenvalue weighted by Crippen LogP contribution is 2.19. The van der Waals surface area contributed by atoms with Crippen LogP contribution < -0.4 is 11.1 Å². The first-order chi connectivity index (χ1) is 11.0. The number of anilines is 1. The maximum absolute atomic E-state index is 10.1. The molecule has 2 rings (SSSR count). The number of rotatable bonds is 5. The summed E-state index contributed by atoms with van der Waals surface area (Å²) in [6, 6.07) is 15.1. The van der Waals surface area contributed by atoms with E-state index >= 15 is 0 Å². The van der Waals surface area contributed by atoms with Crippen LogP contribution in [-0.2, 0) is 0 Å². The van der Waals surface area contributed by atoms with E-state index in [-0.39, 0.29) is 12.5 Å². The van der Waals surface area contributed by atoms with Crippen molar-refractivity contribution in [1.82, 2.24) is 0 Å². The zero-order valence-corrected chi connectivity index (χ0v) is 14.1. The summed E-state index contributed by atoms with van der Waals surface area (Å²) in [4.78, 5) is 4.19. The second-order valence-electron chi connectivity index (χ2n) is 5.70. The van der Waals surface area contributed by atoms with Gasteiger partial charge < -0.3 is 16.2 Å². The molecule has 0 aromatic heterocycles. The summed E-state index contributed by atoms with van der Waals surface area (Å²) in [5.74, 6) is 0.723. The average Bonchev–Trinajstić information content (AvgIpc) is 2.53. The number of aliphatic imine (C=N–C) groups is 1. The molecule has 2 aromatic rings. The molecule has 0 fully saturated rings. The predicted octanol–water partition coefficient (Wildman–Crippen LogP) is 3.92. The van der Waals surface area contributed by atoms with Gasteiger partial charge in [0.05, 0.1) is 12.6 Å². The lowest BCUT2D eigenvalue weighted by Gasteiger charge is -2.11. The van der Waals surface area contributed by atoms with Gasteiger partial charge in [-0.05, 0) is 41.3 Å². The molecule has 0 amide bonds. The van der Waals surface area contributed by atoms with Gasteiger partial charge in [-0.25, -0.2) is 0 Å². The van der Waals surface area contributed by atoms with Gasteiger partial charge in [-0.15, -0.1) is 0 Å². The lowest BCUT2D eigenvalue weighted by molar-refractivity contribution is 0.187. The number of benzene rings is 2. The van der Waals surface area contributed by atoms with Crippen molar-refractivity contribution in [3.63, 3.8) is 0 Å². The fourth-order valence-electron chi connectivity index (χ4n) is 2.14. The Bertz CT molecular complexity index is 668. The minimum Gasteiger partial charge on any atom is -0.386 e. The minimum absolute atomic E-state index is 0.185. The molecule has 0 aliphatic heterocycles. The number of halogens is 1. The van der Waals surface area contributed by atoms with Crippen molar-refractivity contribution in [3.05, 3.63) is 64.7 Å². The van der Waals surface area contributed by atoms with Crippen molar-refractivity contribution in [2.45, 2.75) is 25.9 Å². The number of hydrogen-bond acceptors (Lipinski definition) is 2. The first-order valence-corrected chi connectivity index (χ1v) is 7.94. The van der Waals surface area contributed by atoms with E-state index in [0.717, 1.165) is 11.3 Å². The number of aliphatic hydroxyl groups excluding tert-OH is 1. The molecule has 0 aliphatic rings. The quantitative estimate of drug-likeness (QED) is 0.574. The molecule has 0 saturated heterocycles. The van der Waals surface area contributed by atoms with Crippen LogP contribution >= 0.6 is 11.6 Å². The van der Waals surface area contributed by atoms with Gasteiger partial charge in [-0.3, -0.25) is 4.99 Å². The molecule has 0 spiro atoms. The van der Waals surface area contributed by atoms with Gasteiger partial charge in [0.2, 0.25) is 0 Å². The molecule has 0 aliphatic carbocycles. The maximum atomic E-state index is 10.1. The Kier molecular flexibility index (Phi) is 6.02. The highest BCUT2D eigenvalue weighted by atomic mass is 35.5. The molecule has 1 unspecified atom stereocenters. The standard InChI is InChI=1S/C18H22ClN3O/c1-12(2)14-4-3-5-16(10-14)22-18(20)21-11-17(23)13-6-8-15(19)9-7-13/h3-10,12,17,23H,11H2,1-2H3,(H3,20,21,22). The Morgan fingerprint density at radius 2 is 1.87 bits per heavy atom. The van der Waals surface area contributed by atoms with Gasteiger partial charge in [0.25, 0.3) is 0 Å². The molecule has 0 heterocycles. The normalized spacial score (nSPS) is 13.2. The van der Waals surface area contributed by atoms with Crippen molar-refractivity contribution < 1.29 is 5.11 Å². The third kappa shape index (κ3) is 5.27. The highest BCUT2D eigenvalue weighted by molar-refractivity contribution is 6.30. The van der Waals surface area contributed by atoms with Crippen LogP contribution in [0.5, 0.6) is 0 Å². The smallest absolute Gasteiger partial charge is 0.193 e. The van der Waals surface area contributed by atoms with Crippen molar-refractivity contribution in [3.8, 4) is 0 Å². The van der Waals surface area contributed by atoms with Crippen LogP contribution in [0.15, 0.2) is 53.5 Å². The summed E-state index contributed by atoms with van der Waals surface area (Å²) < 4.78 is 0. The summed E-state index contributed by atoms with van der Waals surface area (Å²) in [5, 5.41) is 13.8. The number of nitrogens with two attached hydrogens (primary N) is 1. The molecule has 2 aromatic carbocycles. The monoisotopic (exact) mass is 331 g/mol. The van der Waals surface area contributed by atoms with Crippen LogP contribution in [-0.4, -0.2) is 17.6 Å². The topological polar surface area (TPSA) is 70.6 Å². The van der Waals surface area contributed by atoms with Gasteiger partial charge in [0.15, 0.2) is 5.96 Å².